The number of nitrogens with two attached hydrogens (primary N) is 1. The molecular formula is C14H12N2O. The normalized spacial score (nSPS) is 10.9. The van der Waals surface area contributed by atoms with E-state index in [4.69, 9.17) is 10.3 Å². The lowest BCUT2D eigenvalue weighted by Gasteiger charge is -2.04. The zero-order valence-corrected chi connectivity index (χ0v) is 9.26. The van der Waals surface area contributed by atoms with Gasteiger partial charge in [0.2, 0.25) is 0 Å². The van der Waals surface area contributed by atoms with E-state index in [0.29, 0.717) is 6.54 Å². The first kappa shape index (κ1) is 10.1. The van der Waals surface area contributed by atoms with Gasteiger partial charge in [-0.1, -0.05) is 47.6 Å². The van der Waals surface area contributed by atoms with Gasteiger partial charge in [-0.05, 0) is 10.8 Å². The van der Waals surface area contributed by atoms with Crippen molar-refractivity contribution in [1.29, 1.82) is 0 Å². The smallest absolute Gasteiger partial charge is 0.171 e. The van der Waals surface area contributed by atoms with E-state index in [-0.39, 0.29) is 0 Å². The van der Waals surface area contributed by atoms with E-state index < -0.39 is 0 Å². The molecule has 3 heteroatoms. The molecule has 1 aromatic heterocycles. The summed E-state index contributed by atoms with van der Waals surface area (Å²) in [5, 5.41) is 6.16. The third-order valence-electron chi connectivity index (χ3n) is 2.90. The van der Waals surface area contributed by atoms with Crippen LogP contribution in [0.15, 0.2) is 53.2 Å². The lowest BCUT2D eigenvalue weighted by atomic mass is 10.0. The number of rotatable bonds is 2. The van der Waals surface area contributed by atoms with Gasteiger partial charge in [-0.2, -0.15) is 0 Å². The van der Waals surface area contributed by atoms with Gasteiger partial charge in [0.1, 0.15) is 0 Å². The van der Waals surface area contributed by atoms with Crippen LogP contribution in [0.3, 0.4) is 0 Å². The largest absolute Gasteiger partial charge is 0.356 e. The highest BCUT2D eigenvalue weighted by atomic mass is 16.5. The van der Waals surface area contributed by atoms with E-state index in [1.807, 2.05) is 24.3 Å². The molecule has 3 aromatic rings. The molecule has 0 radical (unpaired) electrons. The standard InChI is InChI=1S/C14H12N2O/c15-8-11-9-16-17-14(11)13-7-3-5-10-4-1-2-6-12(10)13/h1-7,9H,8,15H2. The summed E-state index contributed by atoms with van der Waals surface area (Å²) in [6, 6.07) is 14.3. The second-order valence-electron chi connectivity index (χ2n) is 3.91. The minimum atomic E-state index is 0.433. The molecule has 0 spiro atoms. The van der Waals surface area contributed by atoms with Crippen molar-refractivity contribution in [2.45, 2.75) is 6.54 Å². The van der Waals surface area contributed by atoms with E-state index >= 15 is 0 Å². The third kappa shape index (κ3) is 1.61. The van der Waals surface area contributed by atoms with Crippen LogP contribution in [0.2, 0.25) is 0 Å². The Kier molecular flexibility index (Phi) is 2.38. The van der Waals surface area contributed by atoms with Crippen molar-refractivity contribution in [2.24, 2.45) is 5.73 Å². The van der Waals surface area contributed by atoms with Crippen molar-refractivity contribution in [3.8, 4) is 11.3 Å². The summed E-state index contributed by atoms with van der Waals surface area (Å²) in [5.74, 6) is 0.768. The fourth-order valence-corrected chi connectivity index (χ4v) is 2.05. The van der Waals surface area contributed by atoms with Crippen LogP contribution in [-0.4, -0.2) is 5.16 Å². The van der Waals surface area contributed by atoms with E-state index in [9.17, 15) is 0 Å². The molecule has 3 nitrogen and oxygen atoms in total. The minimum Gasteiger partial charge on any atom is -0.356 e. The molecule has 0 aliphatic heterocycles. The molecular weight excluding hydrogens is 212 g/mol. The average Bonchev–Trinajstić information content (AvgIpc) is 2.86. The summed E-state index contributed by atoms with van der Waals surface area (Å²) in [7, 11) is 0. The average molecular weight is 224 g/mol. The highest BCUT2D eigenvalue weighted by molar-refractivity contribution is 5.95. The quantitative estimate of drug-likeness (QED) is 0.728. The Hall–Kier alpha value is -2.13. The molecule has 2 N–H and O–H groups in total. The molecule has 0 saturated heterocycles. The Labute approximate surface area is 98.8 Å². The SMILES string of the molecule is NCc1cnoc1-c1cccc2ccccc12. The van der Waals surface area contributed by atoms with Crippen LogP contribution in [0.5, 0.6) is 0 Å². The van der Waals surface area contributed by atoms with Crippen LogP contribution in [0.4, 0.5) is 0 Å². The van der Waals surface area contributed by atoms with Crippen LogP contribution in [0.25, 0.3) is 22.1 Å². The fraction of sp³-hybridized carbons (Fsp3) is 0.0714. The summed E-state index contributed by atoms with van der Waals surface area (Å²) >= 11 is 0. The minimum absolute atomic E-state index is 0.433. The Balaban J connectivity index is 2.31. The molecule has 3 rings (SSSR count). The molecule has 0 saturated carbocycles. The van der Waals surface area contributed by atoms with Crippen molar-refractivity contribution < 1.29 is 4.52 Å². The van der Waals surface area contributed by atoms with Gasteiger partial charge in [-0.25, -0.2) is 0 Å². The van der Waals surface area contributed by atoms with E-state index in [2.05, 4.69) is 23.4 Å². The number of fused-ring (bicyclic) bond motifs is 1. The first-order valence-corrected chi connectivity index (χ1v) is 5.52. The number of nitrogens with zero attached hydrogens (tertiary/aromatic N) is 1. The van der Waals surface area contributed by atoms with Gasteiger partial charge in [0, 0.05) is 17.7 Å². The zero-order chi connectivity index (χ0) is 11.7. The predicted octanol–water partition coefficient (Wildman–Crippen LogP) is 2.95. The molecule has 84 valence electrons. The van der Waals surface area contributed by atoms with Crippen LogP contribution >= 0.6 is 0 Å². The van der Waals surface area contributed by atoms with Crippen LogP contribution in [0, 0.1) is 0 Å². The first-order valence-electron chi connectivity index (χ1n) is 5.52. The predicted molar refractivity (Wildman–Crippen MR) is 67.3 cm³/mol. The molecule has 0 aliphatic carbocycles. The number of hydrogen-bond acceptors (Lipinski definition) is 3. The van der Waals surface area contributed by atoms with Crippen molar-refractivity contribution >= 4 is 10.8 Å². The Morgan fingerprint density at radius 3 is 2.76 bits per heavy atom. The summed E-state index contributed by atoms with van der Waals surface area (Å²) in [5.41, 5.74) is 7.65. The molecule has 2 aromatic carbocycles. The summed E-state index contributed by atoms with van der Waals surface area (Å²) < 4.78 is 5.32. The maximum atomic E-state index is 5.68. The molecule has 1 heterocycles. The molecule has 0 unspecified atom stereocenters. The maximum absolute atomic E-state index is 5.68. The lowest BCUT2D eigenvalue weighted by Crippen LogP contribution is -1.96. The maximum Gasteiger partial charge on any atom is 0.171 e. The lowest BCUT2D eigenvalue weighted by molar-refractivity contribution is 0.432. The molecule has 0 aliphatic rings. The highest BCUT2D eigenvalue weighted by Gasteiger charge is 2.11. The van der Waals surface area contributed by atoms with Gasteiger partial charge >= 0.3 is 0 Å². The zero-order valence-electron chi connectivity index (χ0n) is 9.26. The third-order valence-corrected chi connectivity index (χ3v) is 2.90. The molecule has 17 heavy (non-hydrogen) atoms. The van der Waals surface area contributed by atoms with Crippen LogP contribution in [0.1, 0.15) is 5.56 Å². The first-order chi connectivity index (χ1) is 8.40. The summed E-state index contributed by atoms with van der Waals surface area (Å²) in [6.45, 7) is 0.433. The Bertz CT molecular complexity index is 653. The van der Waals surface area contributed by atoms with Gasteiger partial charge in [0.15, 0.2) is 5.76 Å². The van der Waals surface area contributed by atoms with Crippen molar-refractivity contribution in [2.75, 3.05) is 0 Å². The van der Waals surface area contributed by atoms with Gasteiger partial charge in [-0.15, -0.1) is 0 Å². The highest BCUT2D eigenvalue weighted by Crippen LogP contribution is 2.30. The molecule has 0 bridgehead atoms. The molecule has 0 fully saturated rings. The number of hydrogen-bond donors (Lipinski definition) is 1. The van der Waals surface area contributed by atoms with E-state index in [1.54, 1.807) is 6.20 Å². The van der Waals surface area contributed by atoms with Gasteiger partial charge < -0.3 is 10.3 Å². The Morgan fingerprint density at radius 2 is 1.88 bits per heavy atom. The van der Waals surface area contributed by atoms with E-state index in [1.165, 1.54) is 5.39 Å². The Morgan fingerprint density at radius 1 is 1.06 bits per heavy atom. The van der Waals surface area contributed by atoms with Crippen molar-refractivity contribution in [1.82, 2.24) is 5.16 Å². The van der Waals surface area contributed by atoms with Crippen molar-refractivity contribution in [3.05, 3.63) is 54.2 Å². The molecule has 0 amide bonds. The van der Waals surface area contributed by atoms with Gasteiger partial charge in [0.25, 0.3) is 0 Å². The molecule has 0 atom stereocenters. The van der Waals surface area contributed by atoms with Gasteiger partial charge in [-0.3, -0.25) is 0 Å². The monoisotopic (exact) mass is 224 g/mol. The fourth-order valence-electron chi connectivity index (χ4n) is 2.05. The van der Waals surface area contributed by atoms with E-state index in [0.717, 1.165) is 22.3 Å². The van der Waals surface area contributed by atoms with Gasteiger partial charge in [0.05, 0.1) is 6.20 Å². The number of aromatic nitrogens is 1. The summed E-state index contributed by atoms with van der Waals surface area (Å²) in [4.78, 5) is 0. The van der Waals surface area contributed by atoms with Crippen LogP contribution < -0.4 is 5.73 Å². The second kappa shape index (κ2) is 4.03. The summed E-state index contributed by atoms with van der Waals surface area (Å²) in [6.07, 6.45) is 1.68. The van der Waals surface area contributed by atoms with Crippen molar-refractivity contribution in [3.63, 3.8) is 0 Å². The number of benzene rings is 2. The second-order valence-corrected chi connectivity index (χ2v) is 3.91. The topological polar surface area (TPSA) is 52.0 Å². The van der Waals surface area contributed by atoms with Crippen LogP contribution in [-0.2, 0) is 6.54 Å².